The normalized spacial score (nSPS) is 11.2. The average molecular weight is 378 g/mol. The van der Waals surface area contributed by atoms with Crippen molar-refractivity contribution in [3.8, 4) is 11.9 Å². The van der Waals surface area contributed by atoms with Crippen LogP contribution in [-0.4, -0.2) is 32.0 Å². The number of imidazole rings is 1. The second kappa shape index (κ2) is 8.05. The Balaban J connectivity index is 1.92. The van der Waals surface area contributed by atoms with E-state index in [1.54, 1.807) is 6.33 Å². The SMILES string of the molecule is CC(C)(C)n1cnc2c(OCCC#N)nc(NC(=O)Cc3ccccc3)nc21. The molecule has 2 aromatic heterocycles. The highest BCUT2D eigenvalue weighted by molar-refractivity contribution is 5.91. The summed E-state index contributed by atoms with van der Waals surface area (Å²) >= 11 is 0. The van der Waals surface area contributed by atoms with Crippen molar-refractivity contribution >= 4 is 23.0 Å². The van der Waals surface area contributed by atoms with Gasteiger partial charge < -0.3 is 9.30 Å². The fraction of sp³-hybridized carbons (Fsp3) is 0.350. The maximum Gasteiger partial charge on any atom is 0.247 e. The lowest BCUT2D eigenvalue weighted by molar-refractivity contribution is -0.115. The molecule has 0 radical (unpaired) electrons. The largest absolute Gasteiger partial charge is 0.475 e. The first-order valence-electron chi connectivity index (χ1n) is 8.97. The number of nitrogens with zero attached hydrogens (tertiary/aromatic N) is 5. The highest BCUT2D eigenvalue weighted by atomic mass is 16.5. The van der Waals surface area contributed by atoms with Gasteiger partial charge in [0.25, 0.3) is 0 Å². The van der Waals surface area contributed by atoms with Crippen molar-refractivity contribution in [2.75, 3.05) is 11.9 Å². The summed E-state index contributed by atoms with van der Waals surface area (Å²) in [5, 5.41) is 11.5. The van der Waals surface area contributed by atoms with Gasteiger partial charge in [-0.3, -0.25) is 10.1 Å². The molecule has 0 aliphatic heterocycles. The molecule has 1 amide bonds. The van der Waals surface area contributed by atoms with Gasteiger partial charge in [0.05, 0.1) is 25.2 Å². The van der Waals surface area contributed by atoms with E-state index in [1.807, 2.05) is 61.7 Å². The lowest BCUT2D eigenvalue weighted by Crippen LogP contribution is -2.22. The van der Waals surface area contributed by atoms with Crippen molar-refractivity contribution < 1.29 is 9.53 Å². The topological polar surface area (TPSA) is 106 Å². The van der Waals surface area contributed by atoms with Crippen molar-refractivity contribution in [2.45, 2.75) is 39.2 Å². The van der Waals surface area contributed by atoms with Crippen molar-refractivity contribution in [2.24, 2.45) is 0 Å². The minimum Gasteiger partial charge on any atom is -0.475 e. The number of hydrogen-bond acceptors (Lipinski definition) is 6. The Labute approximate surface area is 163 Å². The molecule has 3 rings (SSSR count). The quantitative estimate of drug-likeness (QED) is 0.661. The third kappa shape index (κ3) is 4.43. The molecule has 0 atom stereocenters. The van der Waals surface area contributed by atoms with Gasteiger partial charge in [-0.05, 0) is 26.3 Å². The van der Waals surface area contributed by atoms with Crippen LogP contribution in [0.4, 0.5) is 5.95 Å². The van der Waals surface area contributed by atoms with Gasteiger partial charge >= 0.3 is 0 Å². The van der Waals surface area contributed by atoms with Crippen molar-refractivity contribution in [3.63, 3.8) is 0 Å². The maximum atomic E-state index is 12.4. The van der Waals surface area contributed by atoms with Crippen LogP contribution in [0.25, 0.3) is 11.2 Å². The Kier molecular flexibility index (Phi) is 5.54. The van der Waals surface area contributed by atoms with E-state index in [2.05, 4.69) is 20.3 Å². The van der Waals surface area contributed by atoms with E-state index < -0.39 is 0 Å². The minimum atomic E-state index is -0.266. The second-order valence-electron chi connectivity index (χ2n) is 7.28. The number of aromatic nitrogens is 4. The molecule has 3 aromatic rings. The van der Waals surface area contributed by atoms with Gasteiger partial charge in [-0.1, -0.05) is 30.3 Å². The summed E-state index contributed by atoms with van der Waals surface area (Å²) in [6, 6.07) is 11.5. The number of rotatable bonds is 6. The highest BCUT2D eigenvalue weighted by Gasteiger charge is 2.22. The molecule has 0 fully saturated rings. The molecule has 0 saturated carbocycles. The van der Waals surface area contributed by atoms with Crippen molar-refractivity contribution in [1.29, 1.82) is 5.26 Å². The van der Waals surface area contributed by atoms with Crippen LogP contribution >= 0.6 is 0 Å². The van der Waals surface area contributed by atoms with E-state index in [-0.39, 0.29) is 42.7 Å². The van der Waals surface area contributed by atoms with Gasteiger partial charge in [-0.2, -0.15) is 15.2 Å². The van der Waals surface area contributed by atoms with Crippen LogP contribution in [0.1, 0.15) is 32.8 Å². The lowest BCUT2D eigenvalue weighted by atomic mass is 10.1. The summed E-state index contributed by atoms with van der Waals surface area (Å²) in [5.41, 5.74) is 1.68. The molecule has 0 aliphatic carbocycles. The van der Waals surface area contributed by atoms with Gasteiger partial charge in [-0.25, -0.2) is 4.98 Å². The molecule has 1 aromatic carbocycles. The standard InChI is InChI=1S/C20H22N6O2/c1-20(2,3)26-13-22-16-17(26)24-19(25-18(16)28-11-7-10-21)23-15(27)12-14-8-5-4-6-9-14/h4-6,8-9,13H,7,11-12H2,1-3H3,(H,23,24,25,27). The number of ether oxygens (including phenoxy) is 1. The first-order valence-corrected chi connectivity index (χ1v) is 8.97. The molecule has 0 unspecified atom stereocenters. The maximum absolute atomic E-state index is 12.4. The summed E-state index contributed by atoms with van der Waals surface area (Å²) < 4.78 is 7.52. The summed E-state index contributed by atoms with van der Waals surface area (Å²) in [7, 11) is 0. The van der Waals surface area contributed by atoms with E-state index >= 15 is 0 Å². The van der Waals surface area contributed by atoms with Crippen LogP contribution in [0.3, 0.4) is 0 Å². The molecular weight excluding hydrogens is 356 g/mol. The van der Waals surface area contributed by atoms with Gasteiger partial charge in [0.1, 0.15) is 6.61 Å². The Morgan fingerprint density at radius 3 is 2.68 bits per heavy atom. The number of benzene rings is 1. The predicted octanol–water partition coefficient (Wildman–Crippen LogP) is 3.05. The number of amides is 1. The number of hydrogen-bond donors (Lipinski definition) is 1. The van der Waals surface area contributed by atoms with E-state index in [4.69, 9.17) is 10.00 Å². The van der Waals surface area contributed by atoms with E-state index in [1.165, 1.54) is 0 Å². The van der Waals surface area contributed by atoms with Crippen LogP contribution in [0.15, 0.2) is 36.7 Å². The first kappa shape index (κ1) is 19.3. The summed E-state index contributed by atoms with van der Waals surface area (Å²) in [5.74, 6) is 0.167. The van der Waals surface area contributed by atoms with Crippen LogP contribution in [0.2, 0.25) is 0 Å². The van der Waals surface area contributed by atoms with Crippen LogP contribution in [0, 0.1) is 11.3 Å². The molecule has 1 N–H and O–H groups in total. The van der Waals surface area contributed by atoms with Crippen LogP contribution in [-0.2, 0) is 16.8 Å². The third-order valence-corrected chi connectivity index (χ3v) is 4.00. The van der Waals surface area contributed by atoms with E-state index in [9.17, 15) is 4.79 Å². The number of fused-ring (bicyclic) bond motifs is 1. The number of nitrogens with one attached hydrogen (secondary N) is 1. The molecule has 8 heteroatoms. The molecule has 0 spiro atoms. The molecule has 0 bridgehead atoms. The number of carbonyl (C=O) groups excluding carboxylic acids is 1. The molecular formula is C20H22N6O2. The Bertz CT molecular complexity index is 1010. The third-order valence-electron chi connectivity index (χ3n) is 4.00. The highest BCUT2D eigenvalue weighted by Crippen LogP contribution is 2.27. The monoisotopic (exact) mass is 378 g/mol. The van der Waals surface area contributed by atoms with Gasteiger partial charge in [-0.15, -0.1) is 0 Å². The van der Waals surface area contributed by atoms with E-state index in [0.29, 0.717) is 11.2 Å². The molecule has 2 heterocycles. The molecule has 0 aliphatic rings. The van der Waals surface area contributed by atoms with Crippen LogP contribution < -0.4 is 10.1 Å². The smallest absolute Gasteiger partial charge is 0.247 e. The minimum absolute atomic E-state index is 0.145. The number of nitriles is 1. The molecule has 8 nitrogen and oxygen atoms in total. The predicted molar refractivity (Wildman–Crippen MR) is 105 cm³/mol. The van der Waals surface area contributed by atoms with Crippen LogP contribution in [0.5, 0.6) is 5.88 Å². The van der Waals surface area contributed by atoms with Gasteiger partial charge in [0.15, 0.2) is 11.2 Å². The van der Waals surface area contributed by atoms with Gasteiger partial charge in [0.2, 0.25) is 17.7 Å². The lowest BCUT2D eigenvalue weighted by Gasteiger charge is -2.21. The summed E-state index contributed by atoms with van der Waals surface area (Å²) in [6.45, 7) is 6.27. The molecule has 144 valence electrons. The zero-order valence-corrected chi connectivity index (χ0v) is 16.1. The number of anilines is 1. The zero-order chi connectivity index (χ0) is 20.1. The zero-order valence-electron chi connectivity index (χ0n) is 16.1. The Morgan fingerprint density at radius 2 is 2.00 bits per heavy atom. The Morgan fingerprint density at radius 1 is 1.25 bits per heavy atom. The van der Waals surface area contributed by atoms with Gasteiger partial charge in [0, 0.05) is 5.54 Å². The Hall–Kier alpha value is -3.47. The average Bonchev–Trinajstić information content (AvgIpc) is 3.07. The van der Waals surface area contributed by atoms with Crippen molar-refractivity contribution in [3.05, 3.63) is 42.2 Å². The fourth-order valence-electron chi connectivity index (χ4n) is 2.67. The fourth-order valence-corrected chi connectivity index (χ4v) is 2.67. The summed E-state index contributed by atoms with van der Waals surface area (Å²) in [4.78, 5) is 25.6. The molecule has 0 saturated heterocycles. The summed E-state index contributed by atoms with van der Waals surface area (Å²) in [6.07, 6.45) is 2.11. The second-order valence-corrected chi connectivity index (χ2v) is 7.28. The van der Waals surface area contributed by atoms with Crippen molar-refractivity contribution in [1.82, 2.24) is 19.5 Å². The number of carbonyl (C=O) groups is 1. The van der Waals surface area contributed by atoms with E-state index in [0.717, 1.165) is 5.56 Å². The molecule has 28 heavy (non-hydrogen) atoms. The first-order chi connectivity index (χ1) is 13.4.